The van der Waals surface area contributed by atoms with Crippen molar-refractivity contribution >= 4 is 23.4 Å². The number of hydrogen-bond acceptors (Lipinski definition) is 4. The van der Waals surface area contributed by atoms with Crippen molar-refractivity contribution in [2.24, 2.45) is 11.8 Å². The molecule has 1 aromatic carbocycles. The van der Waals surface area contributed by atoms with E-state index < -0.39 is 17.4 Å². The van der Waals surface area contributed by atoms with E-state index in [4.69, 9.17) is 0 Å². The minimum atomic E-state index is -1.14. The number of aryl methyl sites for hydroxylation is 1. The van der Waals surface area contributed by atoms with Crippen LogP contribution in [0.15, 0.2) is 18.2 Å². The molecule has 0 bridgehead atoms. The first-order chi connectivity index (χ1) is 11.9. The molecule has 0 saturated carbocycles. The van der Waals surface area contributed by atoms with E-state index in [0.29, 0.717) is 6.54 Å². The van der Waals surface area contributed by atoms with Crippen molar-refractivity contribution in [1.82, 2.24) is 10.2 Å². The van der Waals surface area contributed by atoms with Crippen molar-refractivity contribution in [3.63, 3.8) is 0 Å². The van der Waals surface area contributed by atoms with Gasteiger partial charge >= 0.3 is 0 Å². The number of carbonyl (C=O) groups is 3. The lowest BCUT2D eigenvalue weighted by Gasteiger charge is -2.29. The second-order valence-electron chi connectivity index (χ2n) is 7.38. The largest absolute Gasteiger partial charge is 0.324 e. The predicted octanol–water partition coefficient (Wildman–Crippen LogP) is 1.54. The van der Waals surface area contributed by atoms with E-state index in [1.807, 2.05) is 39.0 Å². The van der Waals surface area contributed by atoms with E-state index in [1.165, 1.54) is 4.90 Å². The maximum atomic E-state index is 13.1. The van der Waals surface area contributed by atoms with Crippen LogP contribution in [0.4, 0.5) is 5.69 Å². The Morgan fingerprint density at radius 2 is 1.96 bits per heavy atom. The molecule has 0 aliphatic carbocycles. The molecule has 3 aliphatic heterocycles. The van der Waals surface area contributed by atoms with Gasteiger partial charge in [0, 0.05) is 23.8 Å². The third kappa shape index (κ3) is 1.91. The fraction of sp³-hybridized carbons (Fsp3) is 0.526. The first-order valence-corrected chi connectivity index (χ1v) is 8.98. The number of unbranched alkanes of at least 4 members (excludes halogenated alkanes) is 1. The summed E-state index contributed by atoms with van der Waals surface area (Å²) in [7, 11) is 0. The first kappa shape index (κ1) is 16.3. The molecular formula is C19H23N3O3. The van der Waals surface area contributed by atoms with Gasteiger partial charge in [-0.2, -0.15) is 0 Å². The molecule has 3 amide bonds. The molecule has 6 heteroatoms. The first-order valence-electron chi connectivity index (χ1n) is 8.98. The number of imide groups is 1. The number of fused-ring (bicyclic) bond motifs is 4. The minimum absolute atomic E-state index is 0.144. The summed E-state index contributed by atoms with van der Waals surface area (Å²) in [4.78, 5) is 40.4. The van der Waals surface area contributed by atoms with E-state index in [1.54, 1.807) is 0 Å². The molecule has 2 N–H and O–H groups in total. The number of rotatable bonds is 3. The third-order valence-corrected chi connectivity index (χ3v) is 5.93. The van der Waals surface area contributed by atoms with Crippen LogP contribution in [-0.4, -0.2) is 35.2 Å². The normalized spacial score (nSPS) is 33.2. The van der Waals surface area contributed by atoms with Crippen molar-refractivity contribution in [2.45, 2.75) is 45.2 Å². The Kier molecular flexibility index (Phi) is 3.51. The van der Waals surface area contributed by atoms with Gasteiger partial charge in [0.1, 0.15) is 5.54 Å². The summed E-state index contributed by atoms with van der Waals surface area (Å²) in [6.45, 7) is 6.29. The Labute approximate surface area is 147 Å². The van der Waals surface area contributed by atoms with Crippen LogP contribution in [0.2, 0.25) is 0 Å². The molecule has 0 radical (unpaired) electrons. The highest BCUT2D eigenvalue weighted by atomic mass is 16.2. The highest BCUT2D eigenvalue weighted by Gasteiger charge is 2.69. The van der Waals surface area contributed by atoms with Crippen LogP contribution in [0.1, 0.15) is 37.8 Å². The number of nitrogens with zero attached hydrogens (tertiary/aromatic N) is 1. The van der Waals surface area contributed by atoms with Gasteiger partial charge in [-0.25, -0.2) is 0 Å². The third-order valence-electron chi connectivity index (χ3n) is 5.93. The Morgan fingerprint density at radius 3 is 2.68 bits per heavy atom. The Bertz CT molecular complexity index is 790. The molecule has 1 aromatic rings. The van der Waals surface area contributed by atoms with Gasteiger partial charge in [0.05, 0.1) is 11.8 Å². The number of para-hydroxylation sites is 1. The quantitative estimate of drug-likeness (QED) is 0.818. The monoisotopic (exact) mass is 341 g/mol. The van der Waals surface area contributed by atoms with Crippen molar-refractivity contribution in [1.29, 1.82) is 0 Å². The maximum Gasteiger partial charge on any atom is 0.250 e. The van der Waals surface area contributed by atoms with Gasteiger partial charge in [-0.3, -0.25) is 24.6 Å². The molecule has 132 valence electrons. The van der Waals surface area contributed by atoms with E-state index in [0.717, 1.165) is 29.7 Å². The van der Waals surface area contributed by atoms with Crippen LogP contribution < -0.4 is 10.6 Å². The van der Waals surface area contributed by atoms with Crippen LogP contribution in [0.25, 0.3) is 0 Å². The van der Waals surface area contributed by atoms with E-state index in [2.05, 4.69) is 10.6 Å². The molecular weight excluding hydrogens is 318 g/mol. The number of hydrogen-bond donors (Lipinski definition) is 2. The SMILES string of the molecule is CCCCN1C(=O)[C@@H]2[C@@H](C1=O)[C@@]1(N[C@@H]2C)C(=O)Nc2c(C)cccc21. The summed E-state index contributed by atoms with van der Waals surface area (Å²) in [5.74, 6) is -1.75. The summed E-state index contributed by atoms with van der Waals surface area (Å²) >= 11 is 0. The molecule has 6 nitrogen and oxygen atoms in total. The van der Waals surface area contributed by atoms with E-state index >= 15 is 0 Å². The summed E-state index contributed by atoms with van der Waals surface area (Å²) in [6, 6.07) is 5.48. The molecule has 4 rings (SSSR count). The predicted molar refractivity (Wildman–Crippen MR) is 92.7 cm³/mol. The smallest absolute Gasteiger partial charge is 0.250 e. The second-order valence-corrected chi connectivity index (χ2v) is 7.38. The lowest BCUT2D eigenvalue weighted by molar-refractivity contribution is -0.142. The van der Waals surface area contributed by atoms with E-state index in [9.17, 15) is 14.4 Å². The topological polar surface area (TPSA) is 78.5 Å². The summed E-state index contributed by atoms with van der Waals surface area (Å²) in [6.07, 6.45) is 1.70. The molecule has 1 spiro atoms. The van der Waals surface area contributed by atoms with Gasteiger partial charge < -0.3 is 5.32 Å². The molecule has 2 fully saturated rings. The Balaban J connectivity index is 1.84. The molecule has 0 aromatic heterocycles. The van der Waals surface area contributed by atoms with Crippen LogP contribution in [-0.2, 0) is 19.9 Å². The van der Waals surface area contributed by atoms with Gasteiger partial charge in [-0.15, -0.1) is 0 Å². The highest BCUT2D eigenvalue weighted by molar-refractivity contribution is 6.15. The fourth-order valence-corrected chi connectivity index (χ4v) is 4.73. The van der Waals surface area contributed by atoms with Crippen molar-refractivity contribution in [3.05, 3.63) is 29.3 Å². The lowest BCUT2D eigenvalue weighted by atomic mass is 9.76. The Morgan fingerprint density at radius 1 is 1.20 bits per heavy atom. The molecule has 4 atom stereocenters. The zero-order chi connectivity index (χ0) is 17.9. The average Bonchev–Trinajstić information content (AvgIpc) is 3.13. The molecule has 3 aliphatic rings. The van der Waals surface area contributed by atoms with Gasteiger partial charge in [0.15, 0.2) is 0 Å². The van der Waals surface area contributed by atoms with Gasteiger partial charge in [-0.1, -0.05) is 31.5 Å². The number of carbonyl (C=O) groups excluding carboxylic acids is 3. The minimum Gasteiger partial charge on any atom is -0.324 e. The van der Waals surface area contributed by atoms with Crippen LogP contribution in [0.5, 0.6) is 0 Å². The average molecular weight is 341 g/mol. The highest BCUT2D eigenvalue weighted by Crippen LogP contribution is 2.53. The standard InChI is InChI=1S/C19H23N3O3/c1-4-5-9-22-16(23)13-11(3)21-19(14(13)17(22)24)12-8-6-7-10(2)15(12)20-18(19)25/h6-8,11,13-14,21H,4-5,9H2,1-3H3,(H,20,25)/t11-,13+,14+,19-/m1/s1. The maximum absolute atomic E-state index is 13.1. The summed E-state index contributed by atoms with van der Waals surface area (Å²) in [5, 5.41) is 6.26. The summed E-state index contributed by atoms with van der Waals surface area (Å²) in [5.41, 5.74) is 1.37. The van der Waals surface area contributed by atoms with Crippen molar-refractivity contribution < 1.29 is 14.4 Å². The lowest BCUT2D eigenvalue weighted by Crippen LogP contribution is -2.52. The zero-order valence-corrected chi connectivity index (χ0v) is 14.8. The molecule has 25 heavy (non-hydrogen) atoms. The molecule has 3 heterocycles. The second kappa shape index (κ2) is 5.39. The van der Waals surface area contributed by atoms with Gasteiger partial charge in [0.25, 0.3) is 0 Å². The van der Waals surface area contributed by atoms with Gasteiger partial charge in [0.2, 0.25) is 17.7 Å². The van der Waals surface area contributed by atoms with Crippen LogP contribution >= 0.6 is 0 Å². The molecule has 2 saturated heterocycles. The fourth-order valence-electron chi connectivity index (χ4n) is 4.73. The Hall–Kier alpha value is -2.21. The number of nitrogens with one attached hydrogen (secondary N) is 2. The van der Waals surface area contributed by atoms with Crippen molar-refractivity contribution in [3.8, 4) is 0 Å². The van der Waals surface area contributed by atoms with Crippen molar-refractivity contribution in [2.75, 3.05) is 11.9 Å². The number of likely N-dealkylation sites (tertiary alicyclic amines) is 1. The number of anilines is 1. The number of benzene rings is 1. The summed E-state index contributed by atoms with van der Waals surface area (Å²) < 4.78 is 0. The van der Waals surface area contributed by atoms with E-state index in [-0.39, 0.29) is 23.8 Å². The van der Waals surface area contributed by atoms with Crippen LogP contribution in [0, 0.1) is 18.8 Å². The van der Waals surface area contributed by atoms with Crippen LogP contribution in [0.3, 0.4) is 0 Å². The molecule has 0 unspecified atom stereocenters. The van der Waals surface area contributed by atoms with Gasteiger partial charge in [-0.05, 0) is 25.8 Å². The number of amides is 3. The zero-order valence-electron chi connectivity index (χ0n) is 14.8.